The van der Waals surface area contributed by atoms with Crippen molar-refractivity contribution in [3.05, 3.63) is 18.2 Å². The van der Waals surface area contributed by atoms with Crippen LogP contribution < -0.4 is 4.90 Å². The lowest BCUT2D eigenvalue weighted by Crippen LogP contribution is -2.20. The Morgan fingerprint density at radius 3 is 2.07 bits per heavy atom. The van der Waals surface area contributed by atoms with E-state index in [0.29, 0.717) is 0 Å². The van der Waals surface area contributed by atoms with Crippen LogP contribution in [0.3, 0.4) is 0 Å². The first kappa shape index (κ1) is 10.4. The zero-order valence-electron chi connectivity index (χ0n) is 9.82. The molecule has 1 aromatic rings. The largest absolute Gasteiger partial charge is 0.369 e. The van der Waals surface area contributed by atoms with E-state index in [-0.39, 0.29) is 5.41 Å². The molecule has 0 amide bonds. The monoisotopic (exact) mass is 205 g/mol. The Bertz CT molecular complexity index is 318. The van der Waals surface area contributed by atoms with Gasteiger partial charge >= 0.3 is 0 Å². The van der Waals surface area contributed by atoms with Gasteiger partial charge < -0.3 is 4.90 Å². The Kier molecular flexibility index (Phi) is 2.63. The number of anilines is 1. The van der Waals surface area contributed by atoms with Gasteiger partial charge in [-0.1, -0.05) is 20.8 Å². The normalized spacial score (nSPS) is 17.1. The zero-order chi connectivity index (χ0) is 10.9. The molecule has 0 saturated carbocycles. The van der Waals surface area contributed by atoms with E-state index < -0.39 is 0 Å². The van der Waals surface area contributed by atoms with Crippen LogP contribution in [0.1, 0.15) is 39.4 Å². The second-order valence-corrected chi connectivity index (χ2v) is 5.21. The van der Waals surface area contributed by atoms with Gasteiger partial charge in [0.2, 0.25) is 0 Å². The molecule has 0 aromatic carbocycles. The third-order valence-electron chi connectivity index (χ3n) is 2.78. The van der Waals surface area contributed by atoms with Crippen molar-refractivity contribution in [2.75, 3.05) is 18.0 Å². The summed E-state index contributed by atoms with van der Waals surface area (Å²) < 4.78 is 0. The Morgan fingerprint density at radius 2 is 1.60 bits per heavy atom. The van der Waals surface area contributed by atoms with E-state index in [2.05, 4.69) is 35.6 Å². The second kappa shape index (κ2) is 3.80. The first-order valence-corrected chi connectivity index (χ1v) is 5.65. The first-order valence-electron chi connectivity index (χ1n) is 5.65. The molecular weight excluding hydrogens is 186 g/mol. The number of aromatic nitrogens is 2. The van der Waals surface area contributed by atoms with Gasteiger partial charge in [-0.2, -0.15) is 0 Å². The van der Waals surface area contributed by atoms with Crippen LogP contribution in [-0.4, -0.2) is 23.1 Å². The highest BCUT2D eigenvalue weighted by atomic mass is 15.2. The Labute approximate surface area is 91.5 Å². The molecule has 3 nitrogen and oxygen atoms in total. The molecule has 1 aliphatic heterocycles. The van der Waals surface area contributed by atoms with Crippen molar-refractivity contribution in [1.29, 1.82) is 0 Å². The zero-order valence-corrected chi connectivity index (χ0v) is 9.82. The average molecular weight is 205 g/mol. The molecule has 0 spiro atoms. The summed E-state index contributed by atoms with van der Waals surface area (Å²) in [4.78, 5) is 11.2. The van der Waals surface area contributed by atoms with Gasteiger partial charge in [0.05, 0.1) is 18.1 Å². The van der Waals surface area contributed by atoms with Gasteiger partial charge in [-0.05, 0) is 12.8 Å². The number of hydrogen-bond donors (Lipinski definition) is 0. The van der Waals surface area contributed by atoms with Crippen LogP contribution in [0.4, 0.5) is 5.69 Å². The molecule has 3 heteroatoms. The van der Waals surface area contributed by atoms with Gasteiger partial charge in [-0.3, -0.25) is 0 Å². The lowest BCUT2D eigenvalue weighted by molar-refractivity contribution is 0.545. The molecule has 0 unspecified atom stereocenters. The third-order valence-corrected chi connectivity index (χ3v) is 2.78. The fourth-order valence-electron chi connectivity index (χ4n) is 1.85. The molecule has 1 saturated heterocycles. The maximum Gasteiger partial charge on any atom is 0.133 e. The molecule has 0 atom stereocenters. The fourth-order valence-corrected chi connectivity index (χ4v) is 1.85. The van der Waals surface area contributed by atoms with Gasteiger partial charge in [0.25, 0.3) is 0 Å². The first-order chi connectivity index (χ1) is 7.07. The van der Waals surface area contributed by atoms with Crippen molar-refractivity contribution < 1.29 is 0 Å². The standard InChI is InChI=1S/C12H19N3/c1-12(2,3)11-13-8-10(9-14-11)15-6-4-5-7-15/h8-9H,4-7H2,1-3H3. The van der Waals surface area contributed by atoms with Gasteiger partial charge in [0.1, 0.15) is 5.82 Å². The molecular formula is C12H19N3. The fraction of sp³-hybridized carbons (Fsp3) is 0.667. The van der Waals surface area contributed by atoms with Crippen molar-refractivity contribution >= 4 is 5.69 Å². The molecule has 1 fully saturated rings. The van der Waals surface area contributed by atoms with Gasteiger partial charge in [-0.15, -0.1) is 0 Å². The number of nitrogens with zero attached hydrogens (tertiary/aromatic N) is 3. The van der Waals surface area contributed by atoms with Crippen molar-refractivity contribution in [3.8, 4) is 0 Å². The van der Waals surface area contributed by atoms with Crippen LogP contribution in [0, 0.1) is 0 Å². The van der Waals surface area contributed by atoms with Crippen LogP contribution in [-0.2, 0) is 5.41 Å². The summed E-state index contributed by atoms with van der Waals surface area (Å²) in [5.74, 6) is 0.922. The highest BCUT2D eigenvalue weighted by Crippen LogP contribution is 2.21. The minimum Gasteiger partial charge on any atom is -0.369 e. The molecule has 1 aliphatic rings. The lowest BCUT2D eigenvalue weighted by atomic mass is 9.96. The predicted octanol–water partition coefficient (Wildman–Crippen LogP) is 2.37. The van der Waals surface area contributed by atoms with Crippen LogP contribution in [0.5, 0.6) is 0 Å². The molecule has 0 radical (unpaired) electrons. The van der Waals surface area contributed by atoms with Gasteiger partial charge in [0, 0.05) is 18.5 Å². The molecule has 2 heterocycles. The number of hydrogen-bond acceptors (Lipinski definition) is 3. The lowest BCUT2D eigenvalue weighted by Gasteiger charge is -2.19. The number of rotatable bonds is 1. The Balaban J connectivity index is 2.16. The highest BCUT2D eigenvalue weighted by Gasteiger charge is 2.18. The van der Waals surface area contributed by atoms with Crippen LogP contribution >= 0.6 is 0 Å². The van der Waals surface area contributed by atoms with Crippen molar-refractivity contribution in [3.63, 3.8) is 0 Å². The molecule has 0 aliphatic carbocycles. The summed E-state index contributed by atoms with van der Waals surface area (Å²) >= 11 is 0. The third kappa shape index (κ3) is 2.28. The van der Waals surface area contributed by atoms with E-state index in [1.807, 2.05) is 12.4 Å². The quantitative estimate of drug-likeness (QED) is 0.705. The van der Waals surface area contributed by atoms with Crippen LogP contribution in [0.2, 0.25) is 0 Å². The molecule has 2 rings (SSSR count). The Hall–Kier alpha value is -1.12. The van der Waals surface area contributed by atoms with Crippen LogP contribution in [0.15, 0.2) is 12.4 Å². The average Bonchev–Trinajstić information content (AvgIpc) is 2.69. The highest BCUT2D eigenvalue weighted by molar-refractivity contribution is 5.42. The molecule has 0 N–H and O–H groups in total. The van der Waals surface area contributed by atoms with E-state index in [1.165, 1.54) is 18.5 Å². The van der Waals surface area contributed by atoms with E-state index >= 15 is 0 Å². The maximum atomic E-state index is 4.44. The van der Waals surface area contributed by atoms with Crippen molar-refractivity contribution in [1.82, 2.24) is 9.97 Å². The van der Waals surface area contributed by atoms with Crippen LogP contribution in [0.25, 0.3) is 0 Å². The minimum atomic E-state index is 0.0452. The summed E-state index contributed by atoms with van der Waals surface area (Å²) in [5, 5.41) is 0. The molecule has 15 heavy (non-hydrogen) atoms. The SMILES string of the molecule is CC(C)(C)c1ncc(N2CCCC2)cn1. The van der Waals surface area contributed by atoms with E-state index in [1.54, 1.807) is 0 Å². The smallest absolute Gasteiger partial charge is 0.133 e. The molecule has 0 bridgehead atoms. The maximum absolute atomic E-state index is 4.44. The minimum absolute atomic E-state index is 0.0452. The van der Waals surface area contributed by atoms with E-state index in [0.717, 1.165) is 18.9 Å². The topological polar surface area (TPSA) is 29.0 Å². The van der Waals surface area contributed by atoms with E-state index in [4.69, 9.17) is 0 Å². The summed E-state index contributed by atoms with van der Waals surface area (Å²) in [6.07, 6.45) is 6.50. The molecule has 82 valence electrons. The van der Waals surface area contributed by atoms with Crippen molar-refractivity contribution in [2.45, 2.75) is 39.0 Å². The van der Waals surface area contributed by atoms with Gasteiger partial charge in [-0.25, -0.2) is 9.97 Å². The summed E-state index contributed by atoms with van der Waals surface area (Å²) in [6.45, 7) is 8.71. The summed E-state index contributed by atoms with van der Waals surface area (Å²) in [7, 11) is 0. The summed E-state index contributed by atoms with van der Waals surface area (Å²) in [6, 6.07) is 0. The molecule has 1 aromatic heterocycles. The van der Waals surface area contributed by atoms with Gasteiger partial charge in [0.15, 0.2) is 0 Å². The predicted molar refractivity (Wildman–Crippen MR) is 62.2 cm³/mol. The van der Waals surface area contributed by atoms with E-state index in [9.17, 15) is 0 Å². The second-order valence-electron chi connectivity index (χ2n) is 5.21. The van der Waals surface area contributed by atoms with Crippen molar-refractivity contribution in [2.24, 2.45) is 0 Å². The summed E-state index contributed by atoms with van der Waals surface area (Å²) in [5.41, 5.74) is 1.21. The Morgan fingerprint density at radius 1 is 1.07 bits per heavy atom.